The van der Waals surface area contributed by atoms with Gasteiger partial charge in [0.15, 0.2) is 0 Å². The van der Waals surface area contributed by atoms with Crippen molar-refractivity contribution in [3.8, 4) is 11.5 Å². The number of ether oxygens (including phenoxy) is 1. The largest absolute Gasteiger partial charge is 0.456 e. The molecule has 0 amide bonds. The number of nitrogens with one attached hydrogen (secondary N) is 1. The Morgan fingerprint density at radius 2 is 1.56 bits per heavy atom. The van der Waals surface area contributed by atoms with E-state index in [4.69, 9.17) is 16.3 Å². The Bertz CT molecular complexity index is 1070. The van der Waals surface area contributed by atoms with Gasteiger partial charge in [0.1, 0.15) is 11.5 Å². The van der Waals surface area contributed by atoms with E-state index in [1.807, 2.05) is 0 Å². The number of sulfonamides is 1. The molecule has 0 aliphatic rings. The van der Waals surface area contributed by atoms with Crippen LogP contribution < -0.4 is 9.46 Å². The molecule has 0 saturated carbocycles. The Labute approximate surface area is 160 Å². The highest BCUT2D eigenvalue weighted by Gasteiger charge is 2.15. The molecule has 0 radical (unpaired) electrons. The van der Waals surface area contributed by atoms with Gasteiger partial charge < -0.3 is 4.74 Å². The molecule has 0 spiro atoms. The van der Waals surface area contributed by atoms with Gasteiger partial charge in [-0.15, -0.1) is 0 Å². The van der Waals surface area contributed by atoms with Crippen molar-refractivity contribution in [2.75, 3.05) is 4.72 Å². The lowest BCUT2D eigenvalue weighted by Crippen LogP contribution is -2.12. The molecular weight excluding hydrogens is 392 g/mol. The Hall–Kier alpha value is -3.10. The number of hydrogen-bond donors (Lipinski definition) is 1. The average molecular weight is 405 g/mol. The maximum absolute atomic E-state index is 12.4. The van der Waals surface area contributed by atoms with Gasteiger partial charge in [-0.25, -0.2) is 8.42 Å². The van der Waals surface area contributed by atoms with E-state index in [9.17, 15) is 18.5 Å². The fourth-order valence-electron chi connectivity index (χ4n) is 2.21. The van der Waals surface area contributed by atoms with Crippen molar-refractivity contribution in [1.82, 2.24) is 0 Å². The third-order valence-corrected chi connectivity index (χ3v) is 5.24. The van der Waals surface area contributed by atoms with E-state index >= 15 is 0 Å². The first kappa shape index (κ1) is 18.7. The van der Waals surface area contributed by atoms with Gasteiger partial charge in [0.05, 0.1) is 14.8 Å². The smallest absolute Gasteiger partial charge is 0.269 e. The maximum atomic E-state index is 12.4. The molecule has 0 bridgehead atoms. The molecule has 9 heteroatoms. The topological polar surface area (TPSA) is 98.5 Å². The molecular formula is C18H13ClN2O5S. The SMILES string of the molecule is O=[N+]([O-])c1ccc(NS(=O)(=O)c2ccc(Oc3ccccc3Cl)cc2)cc1. The lowest BCUT2D eigenvalue weighted by atomic mass is 10.3. The van der Waals surface area contributed by atoms with E-state index < -0.39 is 14.9 Å². The van der Waals surface area contributed by atoms with Crippen molar-refractivity contribution >= 4 is 33.0 Å². The van der Waals surface area contributed by atoms with Crippen molar-refractivity contribution < 1.29 is 18.1 Å². The number of nitro groups is 1. The highest BCUT2D eigenvalue weighted by Crippen LogP contribution is 2.29. The number of anilines is 1. The lowest BCUT2D eigenvalue weighted by molar-refractivity contribution is -0.384. The molecule has 138 valence electrons. The van der Waals surface area contributed by atoms with Crippen LogP contribution in [-0.2, 0) is 10.0 Å². The van der Waals surface area contributed by atoms with Crippen molar-refractivity contribution in [1.29, 1.82) is 0 Å². The van der Waals surface area contributed by atoms with Gasteiger partial charge in [0, 0.05) is 17.8 Å². The van der Waals surface area contributed by atoms with E-state index in [0.29, 0.717) is 16.5 Å². The summed E-state index contributed by atoms with van der Waals surface area (Å²) >= 11 is 6.03. The summed E-state index contributed by atoms with van der Waals surface area (Å²) in [6.45, 7) is 0. The summed E-state index contributed by atoms with van der Waals surface area (Å²) in [5.41, 5.74) is 0.0935. The highest BCUT2D eigenvalue weighted by atomic mass is 35.5. The zero-order chi connectivity index (χ0) is 19.4. The minimum Gasteiger partial charge on any atom is -0.456 e. The summed E-state index contributed by atoms with van der Waals surface area (Å²) in [6.07, 6.45) is 0. The van der Waals surface area contributed by atoms with Gasteiger partial charge in [0.2, 0.25) is 0 Å². The molecule has 3 aromatic carbocycles. The first-order valence-electron chi connectivity index (χ1n) is 7.65. The number of hydrogen-bond acceptors (Lipinski definition) is 5. The first-order chi connectivity index (χ1) is 12.8. The Morgan fingerprint density at radius 1 is 0.926 bits per heavy atom. The molecule has 3 aromatic rings. The van der Waals surface area contributed by atoms with Crippen molar-refractivity contribution in [2.24, 2.45) is 0 Å². The zero-order valence-electron chi connectivity index (χ0n) is 13.7. The monoisotopic (exact) mass is 404 g/mol. The lowest BCUT2D eigenvalue weighted by Gasteiger charge is -2.10. The minimum absolute atomic E-state index is 0.0207. The van der Waals surface area contributed by atoms with Gasteiger partial charge in [-0.3, -0.25) is 14.8 Å². The normalized spacial score (nSPS) is 11.0. The standard InChI is InChI=1S/C18H13ClN2O5S/c19-17-3-1-2-4-18(17)26-15-9-11-16(12-10-15)27(24,25)20-13-5-7-14(8-6-13)21(22)23/h1-12,20H. The van der Waals surface area contributed by atoms with Gasteiger partial charge in [-0.05, 0) is 48.5 Å². The number of nitro benzene ring substituents is 1. The summed E-state index contributed by atoms with van der Waals surface area (Å²) in [4.78, 5) is 10.1. The van der Waals surface area contributed by atoms with Crippen LogP contribution in [0.4, 0.5) is 11.4 Å². The van der Waals surface area contributed by atoms with Gasteiger partial charge in [-0.1, -0.05) is 23.7 Å². The maximum Gasteiger partial charge on any atom is 0.269 e. The molecule has 0 aliphatic heterocycles. The molecule has 7 nitrogen and oxygen atoms in total. The summed E-state index contributed by atoms with van der Waals surface area (Å²) < 4.78 is 32.9. The van der Waals surface area contributed by atoms with Crippen LogP contribution in [0.15, 0.2) is 77.7 Å². The molecule has 0 fully saturated rings. The predicted molar refractivity (Wildman–Crippen MR) is 102 cm³/mol. The fraction of sp³-hybridized carbons (Fsp3) is 0. The zero-order valence-corrected chi connectivity index (χ0v) is 15.3. The van der Waals surface area contributed by atoms with Crippen LogP contribution in [0.5, 0.6) is 11.5 Å². The number of nitrogens with zero attached hydrogens (tertiary/aromatic N) is 1. The van der Waals surface area contributed by atoms with Gasteiger partial charge in [0.25, 0.3) is 15.7 Å². The average Bonchev–Trinajstić information content (AvgIpc) is 2.64. The predicted octanol–water partition coefficient (Wildman–Crippen LogP) is 4.84. The number of halogens is 1. The van der Waals surface area contributed by atoms with Crippen molar-refractivity contribution in [2.45, 2.75) is 4.90 Å². The number of para-hydroxylation sites is 1. The van der Waals surface area contributed by atoms with Crippen LogP contribution in [0, 0.1) is 10.1 Å². The van der Waals surface area contributed by atoms with Crippen LogP contribution in [0.3, 0.4) is 0 Å². The van der Waals surface area contributed by atoms with E-state index in [1.165, 1.54) is 48.5 Å². The molecule has 0 unspecified atom stereocenters. The second kappa shape index (κ2) is 7.65. The first-order valence-corrected chi connectivity index (χ1v) is 9.51. The molecule has 0 atom stereocenters. The van der Waals surface area contributed by atoms with Gasteiger partial charge >= 0.3 is 0 Å². The van der Waals surface area contributed by atoms with Crippen LogP contribution in [0.25, 0.3) is 0 Å². The number of rotatable bonds is 6. The molecule has 27 heavy (non-hydrogen) atoms. The summed E-state index contributed by atoms with van der Waals surface area (Å²) in [5.74, 6) is 0.885. The molecule has 0 aromatic heterocycles. The number of non-ortho nitro benzene ring substituents is 1. The quantitative estimate of drug-likeness (QED) is 0.468. The van der Waals surface area contributed by atoms with Crippen LogP contribution in [0.2, 0.25) is 5.02 Å². The van der Waals surface area contributed by atoms with E-state index in [2.05, 4.69) is 4.72 Å². The van der Waals surface area contributed by atoms with Crippen molar-refractivity contribution in [3.05, 3.63) is 87.9 Å². The van der Waals surface area contributed by atoms with Gasteiger partial charge in [-0.2, -0.15) is 0 Å². The van der Waals surface area contributed by atoms with E-state index in [1.54, 1.807) is 24.3 Å². The fourth-order valence-corrected chi connectivity index (χ4v) is 3.44. The Balaban J connectivity index is 1.75. The van der Waals surface area contributed by atoms with Crippen molar-refractivity contribution in [3.63, 3.8) is 0 Å². The second-order valence-electron chi connectivity index (χ2n) is 5.41. The molecule has 3 rings (SSSR count). The van der Waals surface area contributed by atoms with E-state index in [0.717, 1.165) is 0 Å². The second-order valence-corrected chi connectivity index (χ2v) is 7.50. The Kier molecular flexibility index (Phi) is 5.29. The van der Waals surface area contributed by atoms with Crippen LogP contribution in [0.1, 0.15) is 0 Å². The third kappa shape index (κ3) is 4.55. The summed E-state index contributed by atoms with van der Waals surface area (Å²) in [5, 5.41) is 11.1. The van der Waals surface area contributed by atoms with E-state index in [-0.39, 0.29) is 16.3 Å². The molecule has 0 saturated heterocycles. The minimum atomic E-state index is -3.85. The Morgan fingerprint density at radius 3 is 2.15 bits per heavy atom. The summed E-state index contributed by atoms with van der Waals surface area (Å²) in [6, 6.07) is 17.8. The molecule has 0 aliphatic carbocycles. The summed E-state index contributed by atoms with van der Waals surface area (Å²) in [7, 11) is -3.85. The number of benzene rings is 3. The molecule has 1 N–H and O–H groups in total. The van der Waals surface area contributed by atoms with Crippen LogP contribution >= 0.6 is 11.6 Å². The highest BCUT2D eigenvalue weighted by molar-refractivity contribution is 7.92. The third-order valence-electron chi connectivity index (χ3n) is 3.53. The van der Waals surface area contributed by atoms with Crippen LogP contribution in [-0.4, -0.2) is 13.3 Å². The molecule has 0 heterocycles.